The van der Waals surface area contributed by atoms with E-state index in [0.717, 1.165) is 32.1 Å². The van der Waals surface area contributed by atoms with Crippen molar-refractivity contribution in [2.75, 3.05) is 0 Å². The van der Waals surface area contributed by atoms with E-state index in [4.69, 9.17) is 18.9 Å². The van der Waals surface area contributed by atoms with Crippen LogP contribution in [0.3, 0.4) is 0 Å². The molecule has 0 radical (unpaired) electrons. The number of hydrogen-bond acceptors (Lipinski definition) is 6. The lowest BCUT2D eigenvalue weighted by molar-refractivity contribution is -0.214. The summed E-state index contributed by atoms with van der Waals surface area (Å²) in [6.45, 7) is 9.06. The SMILES string of the molecule is C[C@@H](O)CCCCCCCCC[C@@H]1OC(C)(C)O[C@@H]1C1=CC(=O)OC(C)(C)O1. The maximum atomic E-state index is 11.9. The molecule has 6 nitrogen and oxygen atoms in total. The molecule has 0 bridgehead atoms. The Kier molecular flexibility index (Phi) is 8.34. The molecular weight excluding hydrogens is 360 g/mol. The predicted octanol–water partition coefficient (Wildman–Crippen LogP) is 4.59. The molecule has 0 aromatic heterocycles. The normalized spacial score (nSPS) is 27.1. The Balaban J connectivity index is 1.74. The number of aliphatic hydroxyl groups is 1. The zero-order valence-electron chi connectivity index (χ0n) is 18.2. The number of hydrogen-bond donors (Lipinski definition) is 1. The monoisotopic (exact) mass is 398 g/mol. The van der Waals surface area contributed by atoms with E-state index < -0.39 is 17.5 Å². The summed E-state index contributed by atoms with van der Waals surface area (Å²) >= 11 is 0. The first-order chi connectivity index (χ1) is 13.1. The van der Waals surface area contributed by atoms with E-state index >= 15 is 0 Å². The molecule has 0 spiro atoms. The Morgan fingerprint density at radius 2 is 1.54 bits per heavy atom. The van der Waals surface area contributed by atoms with Crippen LogP contribution in [-0.4, -0.2) is 41.0 Å². The summed E-state index contributed by atoms with van der Waals surface area (Å²) in [6, 6.07) is 0. The average Bonchev–Trinajstić information content (AvgIpc) is 2.86. The molecular formula is C22H38O6. The van der Waals surface area contributed by atoms with Crippen molar-refractivity contribution in [3.63, 3.8) is 0 Å². The number of carbonyl (C=O) groups excluding carboxylic acids is 1. The number of ether oxygens (including phenoxy) is 4. The molecule has 2 heterocycles. The third-order valence-corrected chi connectivity index (χ3v) is 5.04. The van der Waals surface area contributed by atoms with Gasteiger partial charge in [-0.2, -0.15) is 0 Å². The van der Waals surface area contributed by atoms with Gasteiger partial charge in [0.05, 0.1) is 18.3 Å². The first-order valence-electron chi connectivity index (χ1n) is 10.8. The van der Waals surface area contributed by atoms with Gasteiger partial charge in [0.15, 0.2) is 5.79 Å². The second-order valence-corrected chi connectivity index (χ2v) is 8.97. The molecule has 0 aliphatic carbocycles. The zero-order chi connectivity index (χ0) is 20.8. The first kappa shape index (κ1) is 23.2. The van der Waals surface area contributed by atoms with Crippen molar-refractivity contribution in [2.45, 2.75) is 122 Å². The number of esters is 1. The van der Waals surface area contributed by atoms with Crippen LogP contribution in [0.15, 0.2) is 11.8 Å². The van der Waals surface area contributed by atoms with Gasteiger partial charge in [0.1, 0.15) is 11.9 Å². The van der Waals surface area contributed by atoms with Gasteiger partial charge >= 0.3 is 5.97 Å². The number of cyclic esters (lactones) is 1. The molecule has 28 heavy (non-hydrogen) atoms. The van der Waals surface area contributed by atoms with Gasteiger partial charge in [0, 0.05) is 13.8 Å². The molecule has 0 aromatic carbocycles. The van der Waals surface area contributed by atoms with Gasteiger partial charge in [-0.25, -0.2) is 4.79 Å². The molecule has 3 atom stereocenters. The van der Waals surface area contributed by atoms with E-state index in [-0.39, 0.29) is 18.3 Å². The molecule has 0 aromatic rings. The molecule has 1 saturated heterocycles. The molecule has 0 amide bonds. The minimum Gasteiger partial charge on any atom is -0.454 e. The van der Waals surface area contributed by atoms with Crippen molar-refractivity contribution < 1.29 is 28.8 Å². The van der Waals surface area contributed by atoms with Crippen LogP contribution >= 0.6 is 0 Å². The van der Waals surface area contributed by atoms with Crippen molar-refractivity contribution in [1.29, 1.82) is 0 Å². The van der Waals surface area contributed by atoms with E-state index in [1.807, 2.05) is 20.8 Å². The molecule has 2 rings (SSSR count). The second kappa shape index (κ2) is 10.1. The summed E-state index contributed by atoms with van der Waals surface area (Å²) in [5.74, 6) is -1.60. The van der Waals surface area contributed by atoms with Crippen LogP contribution in [0.5, 0.6) is 0 Å². The number of unbranched alkanes of at least 4 members (excludes halogenated alkanes) is 6. The summed E-state index contributed by atoms with van der Waals surface area (Å²) in [5, 5.41) is 9.26. The lowest BCUT2D eigenvalue weighted by atomic mass is 10.0. The lowest BCUT2D eigenvalue weighted by Gasteiger charge is -2.33. The van der Waals surface area contributed by atoms with Crippen LogP contribution in [0.25, 0.3) is 0 Å². The van der Waals surface area contributed by atoms with Crippen molar-refractivity contribution in [3.05, 3.63) is 11.8 Å². The summed E-state index contributed by atoms with van der Waals surface area (Å²) in [7, 11) is 0. The van der Waals surface area contributed by atoms with Crippen LogP contribution in [0, 0.1) is 0 Å². The molecule has 0 unspecified atom stereocenters. The van der Waals surface area contributed by atoms with Crippen molar-refractivity contribution in [3.8, 4) is 0 Å². The minimum atomic E-state index is -0.990. The molecule has 1 N–H and O–H groups in total. The smallest absolute Gasteiger partial charge is 0.337 e. The van der Waals surface area contributed by atoms with Crippen molar-refractivity contribution >= 4 is 5.97 Å². The highest BCUT2D eigenvalue weighted by Gasteiger charge is 2.46. The molecule has 1 fully saturated rings. The van der Waals surface area contributed by atoms with E-state index in [0.29, 0.717) is 5.76 Å². The van der Waals surface area contributed by atoms with Crippen LogP contribution in [0.4, 0.5) is 0 Å². The van der Waals surface area contributed by atoms with Gasteiger partial charge in [-0.05, 0) is 33.6 Å². The highest BCUT2D eigenvalue weighted by atomic mass is 16.8. The average molecular weight is 399 g/mol. The lowest BCUT2D eigenvalue weighted by Crippen LogP contribution is -2.39. The predicted molar refractivity (Wildman–Crippen MR) is 106 cm³/mol. The van der Waals surface area contributed by atoms with Crippen molar-refractivity contribution in [1.82, 2.24) is 0 Å². The number of carbonyl (C=O) groups is 1. The van der Waals surface area contributed by atoms with Gasteiger partial charge < -0.3 is 24.1 Å². The highest BCUT2D eigenvalue weighted by Crippen LogP contribution is 2.37. The summed E-state index contributed by atoms with van der Waals surface area (Å²) < 4.78 is 23.1. The molecule has 0 saturated carbocycles. The van der Waals surface area contributed by atoms with Crippen LogP contribution in [0.2, 0.25) is 0 Å². The Hall–Kier alpha value is -1.11. The fraction of sp³-hybridized carbons (Fsp3) is 0.864. The largest absolute Gasteiger partial charge is 0.454 e. The molecule has 2 aliphatic heterocycles. The van der Waals surface area contributed by atoms with Gasteiger partial charge in [-0.3, -0.25) is 0 Å². The standard InChI is InChI=1S/C22H38O6/c1-16(23)13-11-9-7-6-8-10-12-14-17-20(28-22(4,5)25-17)18-15-19(24)27-21(2,3)26-18/h15-17,20,23H,6-14H2,1-5H3/t16-,17+,20+/m1/s1. The Morgan fingerprint density at radius 1 is 0.929 bits per heavy atom. The van der Waals surface area contributed by atoms with Gasteiger partial charge in [-0.15, -0.1) is 0 Å². The topological polar surface area (TPSA) is 74.2 Å². The molecule has 6 heteroatoms. The van der Waals surface area contributed by atoms with Crippen LogP contribution < -0.4 is 0 Å². The van der Waals surface area contributed by atoms with E-state index in [1.165, 1.54) is 31.8 Å². The van der Waals surface area contributed by atoms with Gasteiger partial charge in [-0.1, -0.05) is 44.9 Å². The first-order valence-corrected chi connectivity index (χ1v) is 10.8. The van der Waals surface area contributed by atoms with E-state index in [2.05, 4.69) is 0 Å². The quantitative estimate of drug-likeness (QED) is 0.405. The Bertz CT molecular complexity index is 537. The van der Waals surface area contributed by atoms with Crippen molar-refractivity contribution in [2.24, 2.45) is 0 Å². The van der Waals surface area contributed by atoms with Gasteiger partial charge in [0.25, 0.3) is 0 Å². The van der Waals surface area contributed by atoms with Crippen LogP contribution in [-0.2, 0) is 23.7 Å². The third-order valence-electron chi connectivity index (χ3n) is 5.04. The highest BCUT2D eigenvalue weighted by molar-refractivity contribution is 5.83. The third kappa shape index (κ3) is 7.72. The minimum absolute atomic E-state index is 0.131. The Morgan fingerprint density at radius 3 is 2.14 bits per heavy atom. The molecule has 162 valence electrons. The van der Waals surface area contributed by atoms with Crippen LogP contribution in [0.1, 0.15) is 92.4 Å². The molecule has 2 aliphatic rings. The number of rotatable bonds is 11. The van der Waals surface area contributed by atoms with E-state index in [1.54, 1.807) is 13.8 Å². The zero-order valence-corrected chi connectivity index (χ0v) is 18.2. The van der Waals surface area contributed by atoms with Gasteiger partial charge in [0.2, 0.25) is 5.79 Å². The Labute approximate surface area is 169 Å². The fourth-order valence-corrected chi connectivity index (χ4v) is 3.82. The maximum Gasteiger partial charge on any atom is 0.337 e. The fourth-order valence-electron chi connectivity index (χ4n) is 3.82. The number of aliphatic hydroxyl groups excluding tert-OH is 1. The van der Waals surface area contributed by atoms with E-state index in [9.17, 15) is 9.90 Å². The summed E-state index contributed by atoms with van der Waals surface area (Å²) in [6.07, 6.45) is 10.6. The second-order valence-electron chi connectivity index (χ2n) is 8.97. The summed E-state index contributed by atoms with van der Waals surface area (Å²) in [5.41, 5.74) is 0. The maximum absolute atomic E-state index is 11.9. The summed E-state index contributed by atoms with van der Waals surface area (Å²) in [4.78, 5) is 11.9.